The quantitative estimate of drug-likeness (QED) is 0.611. The van der Waals surface area contributed by atoms with Crippen LogP contribution in [-0.4, -0.2) is 15.1 Å². The van der Waals surface area contributed by atoms with Gasteiger partial charge in [-0.05, 0) is 0 Å². The average molecular weight is 203 g/mol. The van der Waals surface area contributed by atoms with Crippen molar-refractivity contribution in [3.05, 3.63) is 52.2 Å². The van der Waals surface area contributed by atoms with Crippen molar-refractivity contribution in [2.24, 2.45) is 0 Å². The lowest BCUT2D eigenvalue weighted by molar-refractivity contribution is -0.496. The summed E-state index contributed by atoms with van der Waals surface area (Å²) >= 11 is 0. The molecule has 76 valence electrons. The summed E-state index contributed by atoms with van der Waals surface area (Å²) in [5.74, 6) is 0. The molecule has 0 saturated carbocycles. The van der Waals surface area contributed by atoms with E-state index in [0.29, 0.717) is 11.3 Å². The van der Waals surface area contributed by atoms with Crippen LogP contribution < -0.4 is 0 Å². The van der Waals surface area contributed by atoms with Crippen LogP contribution in [0.4, 0.5) is 0 Å². The highest BCUT2D eigenvalue weighted by Crippen LogP contribution is 2.20. The number of H-pyrrole nitrogens is 1. The van der Waals surface area contributed by atoms with Crippen LogP contribution >= 0.6 is 0 Å². The standard InChI is InChI=1S/C10H9N3O2/c14-13(15)7-9-6-11-12-10(9)8-4-2-1-3-5-8/h1-6H,7H2,(H,11,12). The van der Waals surface area contributed by atoms with E-state index in [4.69, 9.17) is 0 Å². The molecule has 0 fully saturated rings. The van der Waals surface area contributed by atoms with Crippen LogP contribution in [-0.2, 0) is 6.54 Å². The SMILES string of the molecule is O=[N+]([O-])Cc1cn[nH]c1-c1ccccc1. The van der Waals surface area contributed by atoms with E-state index < -0.39 is 0 Å². The molecular formula is C10H9N3O2. The lowest BCUT2D eigenvalue weighted by atomic mass is 10.1. The Labute approximate surface area is 85.9 Å². The van der Waals surface area contributed by atoms with Gasteiger partial charge in [0.05, 0.1) is 17.5 Å². The van der Waals surface area contributed by atoms with E-state index in [9.17, 15) is 10.1 Å². The van der Waals surface area contributed by atoms with Crippen molar-refractivity contribution < 1.29 is 4.92 Å². The Kier molecular flexibility index (Phi) is 2.45. The van der Waals surface area contributed by atoms with Crippen LogP contribution in [0.25, 0.3) is 11.3 Å². The van der Waals surface area contributed by atoms with Crippen LogP contribution in [0.3, 0.4) is 0 Å². The maximum Gasteiger partial charge on any atom is 0.232 e. The molecule has 0 aliphatic rings. The summed E-state index contributed by atoms with van der Waals surface area (Å²) in [6, 6.07) is 9.43. The molecule has 0 aliphatic heterocycles. The summed E-state index contributed by atoms with van der Waals surface area (Å²) in [6.07, 6.45) is 1.49. The van der Waals surface area contributed by atoms with Crippen molar-refractivity contribution in [2.75, 3.05) is 0 Å². The van der Waals surface area contributed by atoms with E-state index >= 15 is 0 Å². The van der Waals surface area contributed by atoms with Crippen molar-refractivity contribution >= 4 is 0 Å². The number of aromatic nitrogens is 2. The fraction of sp³-hybridized carbons (Fsp3) is 0.100. The summed E-state index contributed by atoms with van der Waals surface area (Å²) in [4.78, 5) is 10.1. The third-order valence-corrected chi connectivity index (χ3v) is 2.08. The highest BCUT2D eigenvalue weighted by atomic mass is 16.6. The van der Waals surface area contributed by atoms with E-state index in [0.717, 1.165) is 5.56 Å². The van der Waals surface area contributed by atoms with Gasteiger partial charge in [0.1, 0.15) is 0 Å². The second-order valence-electron chi connectivity index (χ2n) is 3.13. The Hall–Kier alpha value is -2.17. The van der Waals surface area contributed by atoms with Crippen LogP contribution in [0, 0.1) is 10.1 Å². The molecule has 1 N–H and O–H groups in total. The molecule has 1 heterocycles. The molecule has 5 nitrogen and oxygen atoms in total. The number of nitro groups is 1. The first-order valence-electron chi connectivity index (χ1n) is 4.47. The van der Waals surface area contributed by atoms with Gasteiger partial charge in [-0.25, -0.2) is 0 Å². The molecule has 2 rings (SSSR count). The molecule has 15 heavy (non-hydrogen) atoms. The van der Waals surface area contributed by atoms with Crippen molar-refractivity contribution in [3.8, 4) is 11.3 Å². The Morgan fingerprint density at radius 2 is 2.07 bits per heavy atom. The van der Waals surface area contributed by atoms with Crippen LogP contribution in [0.5, 0.6) is 0 Å². The van der Waals surface area contributed by atoms with Gasteiger partial charge >= 0.3 is 0 Å². The first-order valence-corrected chi connectivity index (χ1v) is 4.47. The molecule has 0 atom stereocenters. The van der Waals surface area contributed by atoms with E-state index in [1.165, 1.54) is 6.20 Å². The predicted octanol–water partition coefficient (Wildman–Crippen LogP) is 1.85. The van der Waals surface area contributed by atoms with Crippen molar-refractivity contribution in [1.82, 2.24) is 10.2 Å². The zero-order chi connectivity index (χ0) is 10.7. The Bertz CT molecular complexity index is 465. The zero-order valence-corrected chi connectivity index (χ0v) is 7.88. The maximum atomic E-state index is 10.4. The van der Waals surface area contributed by atoms with Gasteiger partial charge in [-0.2, -0.15) is 5.10 Å². The summed E-state index contributed by atoms with van der Waals surface area (Å²) in [6.45, 7) is -0.208. The molecule has 0 spiro atoms. The first-order chi connectivity index (χ1) is 7.27. The molecule has 1 aromatic heterocycles. The van der Waals surface area contributed by atoms with Gasteiger partial charge in [-0.15, -0.1) is 0 Å². The Balaban J connectivity index is 2.37. The third kappa shape index (κ3) is 2.01. The van der Waals surface area contributed by atoms with Gasteiger partial charge < -0.3 is 0 Å². The lowest BCUT2D eigenvalue weighted by Gasteiger charge is -1.98. The second-order valence-corrected chi connectivity index (χ2v) is 3.13. The maximum absolute atomic E-state index is 10.4. The minimum atomic E-state index is -0.364. The molecule has 0 amide bonds. The van der Waals surface area contributed by atoms with Crippen molar-refractivity contribution in [2.45, 2.75) is 6.54 Å². The monoisotopic (exact) mass is 203 g/mol. The highest BCUT2D eigenvalue weighted by Gasteiger charge is 2.11. The summed E-state index contributed by atoms with van der Waals surface area (Å²) < 4.78 is 0. The smallest absolute Gasteiger partial charge is 0.232 e. The second kappa shape index (κ2) is 3.91. The predicted molar refractivity (Wildman–Crippen MR) is 54.7 cm³/mol. The number of hydrogen-bond acceptors (Lipinski definition) is 3. The lowest BCUT2D eigenvalue weighted by Crippen LogP contribution is -1.98. The normalized spacial score (nSPS) is 10.1. The van der Waals surface area contributed by atoms with Crippen LogP contribution in [0.15, 0.2) is 36.5 Å². The third-order valence-electron chi connectivity index (χ3n) is 2.08. The number of aromatic amines is 1. The minimum Gasteiger partial charge on any atom is -0.277 e. The molecule has 0 saturated heterocycles. The number of hydrogen-bond donors (Lipinski definition) is 1. The van der Waals surface area contributed by atoms with Crippen LogP contribution in [0.2, 0.25) is 0 Å². The van der Waals surface area contributed by atoms with Gasteiger partial charge in [-0.3, -0.25) is 15.2 Å². The summed E-state index contributed by atoms with van der Waals surface area (Å²) in [7, 11) is 0. The zero-order valence-electron chi connectivity index (χ0n) is 7.88. The minimum absolute atomic E-state index is 0.208. The van der Waals surface area contributed by atoms with E-state index in [-0.39, 0.29) is 11.5 Å². The van der Waals surface area contributed by atoms with Gasteiger partial charge in [-0.1, -0.05) is 30.3 Å². The van der Waals surface area contributed by atoms with Crippen LogP contribution in [0.1, 0.15) is 5.56 Å². The van der Waals surface area contributed by atoms with E-state index in [1.54, 1.807) is 0 Å². The molecule has 2 aromatic rings. The fourth-order valence-corrected chi connectivity index (χ4v) is 1.42. The number of nitrogens with one attached hydrogen (secondary N) is 1. The van der Waals surface area contributed by atoms with Gasteiger partial charge in [0, 0.05) is 10.5 Å². The van der Waals surface area contributed by atoms with E-state index in [2.05, 4.69) is 10.2 Å². The Morgan fingerprint density at radius 1 is 1.33 bits per heavy atom. The number of rotatable bonds is 3. The summed E-state index contributed by atoms with van der Waals surface area (Å²) in [5.41, 5.74) is 2.23. The molecule has 0 bridgehead atoms. The van der Waals surface area contributed by atoms with Gasteiger partial charge in [0.25, 0.3) is 0 Å². The van der Waals surface area contributed by atoms with E-state index in [1.807, 2.05) is 30.3 Å². The highest BCUT2D eigenvalue weighted by molar-refractivity contribution is 5.62. The topological polar surface area (TPSA) is 71.8 Å². The number of benzene rings is 1. The molecule has 0 radical (unpaired) electrons. The summed E-state index contributed by atoms with van der Waals surface area (Å²) in [5, 5.41) is 17.0. The molecule has 0 unspecified atom stereocenters. The molecule has 1 aromatic carbocycles. The molecule has 5 heteroatoms. The van der Waals surface area contributed by atoms with Gasteiger partial charge in [0.15, 0.2) is 0 Å². The average Bonchev–Trinajstić information content (AvgIpc) is 2.66. The Morgan fingerprint density at radius 3 is 2.73 bits per heavy atom. The first kappa shape index (κ1) is 9.39. The number of nitrogens with zero attached hydrogens (tertiary/aromatic N) is 2. The molecular weight excluding hydrogens is 194 g/mol. The fourth-order valence-electron chi connectivity index (χ4n) is 1.42. The molecule has 0 aliphatic carbocycles. The van der Waals surface area contributed by atoms with Gasteiger partial charge in [0.2, 0.25) is 6.54 Å². The largest absolute Gasteiger partial charge is 0.277 e. The van der Waals surface area contributed by atoms with Crippen molar-refractivity contribution in [1.29, 1.82) is 0 Å². The van der Waals surface area contributed by atoms with Crippen molar-refractivity contribution in [3.63, 3.8) is 0 Å².